The smallest absolute Gasteiger partial charge is 0.244 e. The molecule has 1 aromatic carbocycles. The number of nitrogens with one attached hydrogen (secondary N) is 1. The zero-order valence-electron chi connectivity index (χ0n) is 15.5. The van der Waals surface area contributed by atoms with Gasteiger partial charge in [-0.25, -0.2) is 13.1 Å². The first-order valence-electron chi connectivity index (χ1n) is 8.49. The molecule has 8 heteroatoms. The van der Waals surface area contributed by atoms with Gasteiger partial charge in [-0.15, -0.1) is 0 Å². The predicted molar refractivity (Wildman–Crippen MR) is 103 cm³/mol. The molecule has 3 rings (SSSR count). The molecule has 0 aliphatic rings. The maximum atomic E-state index is 12.7. The molecule has 7 nitrogen and oxygen atoms in total. The second-order valence-corrected chi connectivity index (χ2v) is 7.92. The summed E-state index contributed by atoms with van der Waals surface area (Å²) in [5.41, 5.74) is 3.65. The molecule has 0 saturated heterocycles. The third kappa shape index (κ3) is 4.35. The number of hydrogen-bond donors (Lipinski definition) is 1. The van der Waals surface area contributed by atoms with Crippen molar-refractivity contribution in [2.45, 2.75) is 25.3 Å². The van der Waals surface area contributed by atoms with Gasteiger partial charge in [-0.2, -0.15) is 5.10 Å². The van der Waals surface area contributed by atoms with E-state index >= 15 is 0 Å². The highest BCUT2D eigenvalue weighted by atomic mass is 32.2. The molecule has 0 fully saturated rings. The number of aromatic nitrogens is 3. The molecule has 0 aliphatic heterocycles. The maximum absolute atomic E-state index is 12.7. The van der Waals surface area contributed by atoms with Crippen LogP contribution in [0.25, 0.3) is 11.3 Å². The third-order valence-corrected chi connectivity index (χ3v) is 5.80. The molecule has 0 unspecified atom stereocenters. The minimum absolute atomic E-state index is 0.144. The summed E-state index contributed by atoms with van der Waals surface area (Å²) in [6, 6.07) is 9.00. The minimum Gasteiger partial charge on any atom is -0.495 e. The van der Waals surface area contributed by atoms with Gasteiger partial charge >= 0.3 is 0 Å². The van der Waals surface area contributed by atoms with Gasteiger partial charge in [-0.1, -0.05) is 0 Å². The highest BCUT2D eigenvalue weighted by molar-refractivity contribution is 7.89. The summed E-state index contributed by atoms with van der Waals surface area (Å²) < 4.78 is 34.9. The van der Waals surface area contributed by atoms with E-state index in [1.807, 2.05) is 38.2 Å². The van der Waals surface area contributed by atoms with Gasteiger partial charge in [0.05, 0.1) is 19.3 Å². The van der Waals surface area contributed by atoms with Crippen LogP contribution in [0.15, 0.2) is 53.8 Å². The largest absolute Gasteiger partial charge is 0.495 e. The van der Waals surface area contributed by atoms with Crippen LogP contribution in [0.2, 0.25) is 0 Å². The standard InChI is InChI=1S/C19H22N4O3S/c1-14-12-18(26-3)19(13-15(14)2)27(24,25)21-9-11-23-10-6-17(22-23)16-4-7-20-8-5-16/h4-8,10,12-13,21H,9,11H2,1-3H3. The third-order valence-electron chi connectivity index (χ3n) is 4.32. The van der Waals surface area contributed by atoms with Crippen LogP contribution in [0.1, 0.15) is 11.1 Å². The van der Waals surface area contributed by atoms with Crippen molar-refractivity contribution in [2.75, 3.05) is 13.7 Å². The lowest BCUT2D eigenvalue weighted by Crippen LogP contribution is -2.28. The molecular weight excluding hydrogens is 364 g/mol. The average molecular weight is 386 g/mol. The molecule has 142 valence electrons. The lowest BCUT2D eigenvalue weighted by Gasteiger charge is -2.13. The van der Waals surface area contributed by atoms with Gasteiger partial charge < -0.3 is 4.74 Å². The molecule has 0 aliphatic carbocycles. The fourth-order valence-electron chi connectivity index (χ4n) is 2.67. The molecule has 0 saturated carbocycles. The van der Waals surface area contributed by atoms with E-state index in [2.05, 4.69) is 14.8 Å². The van der Waals surface area contributed by atoms with Crippen molar-refractivity contribution < 1.29 is 13.2 Å². The molecule has 0 atom stereocenters. The zero-order chi connectivity index (χ0) is 19.4. The number of ether oxygens (including phenoxy) is 1. The number of nitrogens with zero attached hydrogens (tertiary/aromatic N) is 3. The predicted octanol–water partition coefficient (Wildman–Crippen LogP) is 2.55. The topological polar surface area (TPSA) is 86.1 Å². The van der Waals surface area contributed by atoms with Crippen LogP contribution in [0.4, 0.5) is 0 Å². The number of methoxy groups -OCH3 is 1. The van der Waals surface area contributed by atoms with Gasteiger partial charge in [-0.3, -0.25) is 9.67 Å². The van der Waals surface area contributed by atoms with Crippen LogP contribution in [0, 0.1) is 13.8 Å². The van der Waals surface area contributed by atoms with Crippen LogP contribution in [0.3, 0.4) is 0 Å². The van der Waals surface area contributed by atoms with Crippen molar-refractivity contribution in [3.63, 3.8) is 0 Å². The highest BCUT2D eigenvalue weighted by Gasteiger charge is 2.20. The summed E-state index contributed by atoms with van der Waals surface area (Å²) in [4.78, 5) is 4.13. The van der Waals surface area contributed by atoms with E-state index in [0.717, 1.165) is 22.4 Å². The molecule has 0 amide bonds. The minimum atomic E-state index is -3.68. The van der Waals surface area contributed by atoms with Crippen LogP contribution in [-0.4, -0.2) is 36.8 Å². The van der Waals surface area contributed by atoms with Gasteiger partial charge in [0.2, 0.25) is 10.0 Å². The number of hydrogen-bond acceptors (Lipinski definition) is 5. The maximum Gasteiger partial charge on any atom is 0.244 e. The van der Waals surface area contributed by atoms with Crippen molar-refractivity contribution in [2.24, 2.45) is 0 Å². The number of sulfonamides is 1. The fourth-order valence-corrected chi connectivity index (χ4v) is 3.92. The van der Waals surface area contributed by atoms with E-state index in [0.29, 0.717) is 12.3 Å². The Morgan fingerprint density at radius 3 is 2.52 bits per heavy atom. The average Bonchev–Trinajstić information content (AvgIpc) is 3.13. The van der Waals surface area contributed by atoms with Crippen molar-refractivity contribution in [1.82, 2.24) is 19.5 Å². The Kier molecular flexibility index (Phi) is 5.57. The number of rotatable bonds is 7. The van der Waals surface area contributed by atoms with Crippen molar-refractivity contribution >= 4 is 10.0 Å². The molecule has 0 bridgehead atoms. The summed E-state index contributed by atoms with van der Waals surface area (Å²) in [6.07, 6.45) is 5.24. The summed E-state index contributed by atoms with van der Waals surface area (Å²) in [5, 5.41) is 4.46. The molecule has 1 N–H and O–H groups in total. The van der Waals surface area contributed by atoms with Crippen molar-refractivity contribution in [3.8, 4) is 17.0 Å². The molecule has 27 heavy (non-hydrogen) atoms. The highest BCUT2D eigenvalue weighted by Crippen LogP contribution is 2.27. The normalized spacial score (nSPS) is 11.5. The Bertz CT molecular complexity index is 1030. The molecule has 3 aromatic rings. The molecule has 0 spiro atoms. The van der Waals surface area contributed by atoms with Crippen molar-refractivity contribution in [3.05, 3.63) is 60.0 Å². The van der Waals surface area contributed by atoms with Gasteiger partial charge in [-0.05, 0) is 55.3 Å². The van der Waals surface area contributed by atoms with E-state index in [1.165, 1.54) is 7.11 Å². The summed E-state index contributed by atoms with van der Waals surface area (Å²) >= 11 is 0. The first-order chi connectivity index (χ1) is 12.9. The van der Waals surface area contributed by atoms with Crippen LogP contribution >= 0.6 is 0 Å². The van der Waals surface area contributed by atoms with Gasteiger partial charge in [0.15, 0.2) is 0 Å². The summed E-state index contributed by atoms with van der Waals surface area (Å²) in [7, 11) is -2.22. The number of pyridine rings is 1. The zero-order valence-corrected chi connectivity index (χ0v) is 16.3. The van der Waals surface area contributed by atoms with Crippen LogP contribution in [-0.2, 0) is 16.6 Å². The lowest BCUT2D eigenvalue weighted by molar-refractivity contribution is 0.401. The SMILES string of the molecule is COc1cc(C)c(C)cc1S(=O)(=O)NCCn1ccc(-c2ccncc2)n1. The van der Waals surface area contributed by atoms with E-state index < -0.39 is 10.0 Å². The monoisotopic (exact) mass is 386 g/mol. The van der Waals surface area contributed by atoms with E-state index in [9.17, 15) is 8.42 Å². The summed E-state index contributed by atoms with van der Waals surface area (Å²) in [6.45, 7) is 4.42. The quantitative estimate of drug-likeness (QED) is 0.674. The number of aryl methyl sites for hydroxylation is 2. The Labute approximate surface area is 159 Å². The Balaban J connectivity index is 1.69. The Morgan fingerprint density at radius 1 is 1.11 bits per heavy atom. The van der Waals surface area contributed by atoms with Crippen LogP contribution in [0.5, 0.6) is 5.75 Å². The first kappa shape index (κ1) is 19.1. The molecule has 2 aromatic heterocycles. The van der Waals surface area contributed by atoms with E-state index in [1.54, 1.807) is 29.2 Å². The second-order valence-electron chi connectivity index (χ2n) is 6.19. The first-order valence-corrected chi connectivity index (χ1v) is 9.98. The van der Waals surface area contributed by atoms with Gasteiger partial charge in [0.1, 0.15) is 10.6 Å². The van der Waals surface area contributed by atoms with Gasteiger partial charge in [0.25, 0.3) is 0 Å². The second kappa shape index (κ2) is 7.89. The molecular formula is C19H22N4O3S. The van der Waals surface area contributed by atoms with E-state index in [-0.39, 0.29) is 11.4 Å². The van der Waals surface area contributed by atoms with Gasteiger partial charge in [0, 0.05) is 30.7 Å². The molecule has 2 heterocycles. The number of benzene rings is 1. The lowest BCUT2D eigenvalue weighted by atomic mass is 10.1. The Hall–Kier alpha value is -2.71. The summed E-state index contributed by atoms with van der Waals surface area (Å²) in [5.74, 6) is 0.338. The van der Waals surface area contributed by atoms with Crippen molar-refractivity contribution in [1.29, 1.82) is 0 Å². The van der Waals surface area contributed by atoms with E-state index in [4.69, 9.17) is 4.74 Å². The fraction of sp³-hybridized carbons (Fsp3) is 0.263. The van der Waals surface area contributed by atoms with Crippen LogP contribution < -0.4 is 9.46 Å². The Morgan fingerprint density at radius 2 is 1.81 bits per heavy atom. The molecule has 0 radical (unpaired) electrons.